The topological polar surface area (TPSA) is 29.3 Å². The Morgan fingerprint density at radius 2 is 1.82 bits per heavy atom. The van der Waals surface area contributed by atoms with Crippen LogP contribution >= 0.6 is 0 Å². The Morgan fingerprint density at radius 1 is 1.24 bits per heavy atom. The fourth-order valence-corrected chi connectivity index (χ4v) is 3.18. The second kappa shape index (κ2) is 7.03. The molecule has 0 bridgehead atoms. The van der Waals surface area contributed by atoms with E-state index in [0.29, 0.717) is 0 Å². The number of hydrogen-bond donors (Lipinski definition) is 1. The number of hydrogen-bond acceptors (Lipinski definition) is 2. The van der Waals surface area contributed by atoms with Gasteiger partial charge in [-0.15, -0.1) is 12.3 Å². The molecule has 0 spiro atoms. The van der Waals surface area contributed by atoms with Gasteiger partial charge in [0, 0.05) is 18.0 Å². The van der Waals surface area contributed by atoms with Crippen molar-refractivity contribution in [1.29, 1.82) is 0 Å². The number of likely N-dealkylation sites (N-methyl/N-ethyl adjacent to an activating group) is 1. The largest absolute Gasteiger partial charge is 0.326 e. The molecule has 0 heterocycles. The highest BCUT2D eigenvalue weighted by molar-refractivity contribution is 4.98. The van der Waals surface area contributed by atoms with E-state index >= 15 is 0 Å². The monoisotopic (exact) mass is 236 g/mol. The quantitative estimate of drug-likeness (QED) is 0.452. The van der Waals surface area contributed by atoms with Gasteiger partial charge >= 0.3 is 0 Å². The molecule has 1 aliphatic rings. The molecule has 0 aromatic carbocycles. The Morgan fingerprint density at radius 3 is 2.29 bits per heavy atom. The highest BCUT2D eigenvalue weighted by Gasteiger charge is 2.38. The first-order valence-corrected chi connectivity index (χ1v) is 7.00. The van der Waals surface area contributed by atoms with Crippen LogP contribution in [0.25, 0.3) is 0 Å². The number of nitrogens with two attached hydrogens (primary N) is 1. The summed E-state index contributed by atoms with van der Waals surface area (Å²) < 4.78 is 0. The average molecular weight is 236 g/mol. The minimum Gasteiger partial charge on any atom is -0.326 e. The lowest BCUT2D eigenvalue weighted by Gasteiger charge is -2.44. The van der Waals surface area contributed by atoms with E-state index in [4.69, 9.17) is 12.2 Å². The Balaban J connectivity index is 2.65. The average Bonchev–Trinajstić information content (AvgIpc) is 2.55. The zero-order valence-corrected chi connectivity index (χ0v) is 11.5. The van der Waals surface area contributed by atoms with Gasteiger partial charge in [-0.3, -0.25) is 0 Å². The molecule has 0 saturated heterocycles. The molecular weight excluding hydrogens is 208 g/mol. The van der Waals surface area contributed by atoms with Crippen LogP contribution in [0, 0.1) is 12.3 Å². The van der Waals surface area contributed by atoms with Gasteiger partial charge in [0.15, 0.2) is 0 Å². The first kappa shape index (κ1) is 14.5. The molecule has 0 amide bonds. The summed E-state index contributed by atoms with van der Waals surface area (Å²) in [6, 6.07) is 0.268. The summed E-state index contributed by atoms with van der Waals surface area (Å²) in [5.74, 6) is 2.71. The smallest absolute Gasteiger partial charge is 0.0354 e. The highest BCUT2D eigenvalue weighted by atomic mass is 15.2. The number of nitrogens with zero attached hydrogens (tertiary/aromatic N) is 1. The lowest BCUT2D eigenvalue weighted by molar-refractivity contribution is 0.0925. The summed E-state index contributed by atoms with van der Waals surface area (Å²) in [7, 11) is 4.37. The Hall–Kier alpha value is -0.520. The van der Waals surface area contributed by atoms with Gasteiger partial charge in [0.05, 0.1) is 0 Å². The van der Waals surface area contributed by atoms with Gasteiger partial charge in [0.2, 0.25) is 0 Å². The SMILES string of the molecule is C#CCCCC(N)C1(N(C)C)CCCCCC1. The van der Waals surface area contributed by atoms with E-state index in [1.54, 1.807) is 0 Å². The first-order chi connectivity index (χ1) is 8.13. The predicted molar refractivity (Wildman–Crippen MR) is 74.8 cm³/mol. The summed E-state index contributed by atoms with van der Waals surface area (Å²) in [5.41, 5.74) is 6.70. The van der Waals surface area contributed by atoms with Crippen molar-refractivity contribution in [2.75, 3.05) is 14.1 Å². The summed E-state index contributed by atoms with van der Waals surface area (Å²) in [4.78, 5) is 2.37. The van der Waals surface area contributed by atoms with Gasteiger partial charge in [-0.25, -0.2) is 0 Å². The maximum Gasteiger partial charge on any atom is 0.0354 e. The van der Waals surface area contributed by atoms with E-state index in [2.05, 4.69) is 24.9 Å². The molecule has 17 heavy (non-hydrogen) atoms. The van der Waals surface area contributed by atoms with E-state index < -0.39 is 0 Å². The van der Waals surface area contributed by atoms with Crippen LogP contribution in [0.3, 0.4) is 0 Å². The van der Waals surface area contributed by atoms with Crippen molar-refractivity contribution in [3.8, 4) is 12.3 Å². The summed E-state index contributed by atoms with van der Waals surface area (Å²) in [6.45, 7) is 0. The third-order valence-electron chi connectivity index (χ3n) is 4.39. The van der Waals surface area contributed by atoms with Crippen LogP contribution in [0.2, 0.25) is 0 Å². The molecular formula is C15H28N2. The van der Waals surface area contributed by atoms with Crippen molar-refractivity contribution in [3.05, 3.63) is 0 Å². The third-order valence-corrected chi connectivity index (χ3v) is 4.39. The molecule has 0 radical (unpaired) electrons. The molecule has 1 aliphatic carbocycles. The summed E-state index contributed by atoms with van der Waals surface area (Å²) >= 11 is 0. The number of terminal acetylenes is 1. The van der Waals surface area contributed by atoms with Gasteiger partial charge in [-0.05, 0) is 39.8 Å². The van der Waals surface area contributed by atoms with E-state index in [1.165, 1.54) is 38.5 Å². The molecule has 1 saturated carbocycles. The van der Waals surface area contributed by atoms with Crippen molar-refractivity contribution in [2.24, 2.45) is 5.73 Å². The molecule has 0 aromatic heterocycles. The zero-order chi connectivity index (χ0) is 12.7. The van der Waals surface area contributed by atoms with Crippen LogP contribution in [0.1, 0.15) is 57.8 Å². The van der Waals surface area contributed by atoms with E-state index in [1.807, 2.05) is 0 Å². The molecule has 2 heteroatoms. The second-order valence-electron chi connectivity index (χ2n) is 5.62. The van der Waals surface area contributed by atoms with E-state index in [0.717, 1.165) is 19.3 Å². The lowest BCUT2D eigenvalue weighted by atomic mass is 9.79. The van der Waals surface area contributed by atoms with Crippen LogP contribution in [0.15, 0.2) is 0 Å². The molecule has 1 rings (SSSR count). The molecule has 1 atom stereocenters. The van der Waals surface area contributed by atoms with E-state index in [-0.39, 0.29) is 11.6 Å². The fourth-order valence-electron chi connectivity index (χ4n) is 3.18. The molecule has 0 aromatic rings. The van der Waals surface area contributed by atoms with Crippen LogP contribution in [-0.2, 0) is 0 Å². The minimum atomic E-state index is 0.213. The highest BCUT2D eigenvalue weighted by Crippen LogP contribution is 2.34. The van der Waals surface area contributed by atoms with Crippen molar-refractivity contribution < 1.29 is 0 Å². The Labute approximate surface area is 107 Å². The molecule has 98 valence electrons. The second-order valence-corrected chi connectivity index (χ2v) is 5.62. The van der Waals surface area contributed by atoms with Crippen LogP contribution < -0.4 is 5.73 Å². The van der Waals surface area contributed by atoms with Crippen LogP contribution in [0.4, 0.5) is 0 Å². The Bertz CT molecular complexity index is 244. The van der Waals surface area contributed by atoms with E-state index in [9.17, 15) is 0 Å². The van der Waals surface area contributed by atoms with Crippen molar-refractivity contribution in [2.45, 2.75) is 69.4 Å². The van der Waals surface area contributed by atoms with Crippen molar-refractivity contribution in [3.63, 3.8) is 0 Å². The van der Waals surface area contributed by atoms with Gasteiger partial charge < -0.3 is 10.6 Å². The summed E-state index contributed by atoms with van der Waals surface area (Å²) in [5, 5.41) is 0. The predicted octanol–water partition coefficient (Wildman–Crippen LogP) is 2.77. The lowest BCUT2D eigenvalue weighted by Crippen LogP contribution is -2.57. The molecule has 1 unspecified atom stereocenters. The molecule has 2 nitrogen and oxygen atoms in total. The number of unbranched alkanes of at least 4 members (excludes halogenated alkanes) is 1. The van der Waals surface area contributed by atoms with Gasteiger partial charge in [-0.1, -0.05) is 25.7 Å². The van der Waals surface area contributed by atoms with Gasteiger partial charge in [0.1, 0.15) is 0 Å². The molecule has 1 fully saturated rings. The third kappa shape index (κ3) is 3.72. The normalized spacial score (nSPS) is 21.8. The zero-order valence-electron chi connectivity index (χ0n) is 11.5. The van der Waals surface area contributed by atoms with Crippen LogP contribution in [0.5, 0.6) is 0 Å². The standard InChI is InChI=1S/C15H28N2/c1-4-5-8-11-14(16)15(17(2)3)12-9-6-7-10-13-15/h1,14H,5-13,16H2,2-3H3. The van der Waals surface area contributed by atoms with Gasteiger partial charge in [-0.2, -0.15) is 0 Å². The Kier molecular flexibility index (Phi) is 6.02. The van der Waals surface area contributed by atoms with Crippen molar-refractivity contribution >= 4 is 0 Å². The molecule has 0 aliphatic heterocycles. The minimum absolute atomic E-state index is 0.213. The van der Waals surface area contributed by atoms with Gasteiger partial charge in [0.25, 0.3) is 0 Å². The number of rotatable bonds is 5. The van der Waals surface area contributed by atoms with Crippen molar-refractivity contribution in [1.82, 2.24) is 4.90 Å². The maximum atomic E-state index is 6.48. The first-order valence-electron chi connectivity index (χ1n) is 7.00. The fraction of sp³-hybridized carbons (Fsp3) is 0.867. The maximum absolute atomic E-state index is 6.48. The van der Waals surface area contributed by atoms with Crippen LogP contribution in [-0.4, -0.2) is 30.6 Å². The summed E-state index contributed by atoms with van der Waals surface area (Å²) in [6.07, 6.45) is 16.2. The molecule has 2 N–H and O–H groups in total.